The lowest BCUT2D eigenvalue weighted by molar-refractivity contribution is 0.261. The normalized spacial score (nSPS) is 21.3. The van der Waals surface area contributed by atoms with Gasteiger partial charge in [-0.3, -0.25) is 0 Å². The van der Waals surface area contributed by atoms with Gasteiger partial charge < -0.3 is 15.2 Å². The summed E-state index contributed by atoms with van der Waals surface area (Å²) >= 11 is 6.00. The molecule has 2 N–H and O–H groups in total. The molecule has 1 atom stereocenters. The average molecular weight is 266 g/mol. The molecule has 0 saturated carbocycles. The number of rotatable bonds is 2. The summed E-state index contributed by atoms with van der Waals surface area (Å²) in [6, 6.07) is 2.41. The van der Waals surface area contributed by atoms with E-state index < -0.39 is 0 Å². The lowest BCUT2D eigenvalue weighted by Crippen LogP contribution is -2.39. The predicted molar refractivity (Wildman–Crippen MR) is 73.0 cm³/mol. The molecule has 0 aromatic carbocycles. The fourth-order valence-corrected chi connectivity index (χ4v) is 2.71. The van der Waals surface area contributed by atoms with Crippen LogP contribution in [0.25, 0.3) is 10.9 Å². The molecule has 96 valence electrons. The maximum atomic E-state index is 6.00. The molecule has 2 aromatic rings. The Morgan fingerprint density at radius 1 is 1.50 bits per heavy atom. The Bertz CT molecular complexity index is 552. The first kappa shape index (κ1) is 11.7. The van der Waals surface area contributed by atoms with E-state index in [1.165, 1.54) is 19.4 Å². The van der Waals surface area contributed by atoms with Crippen molar-refractivity contribution in [1.29, 1.82) is 0 Å². The molecule has 1 fully saturated rings. The van der Waals surface area contributed by atoms with E-state index in [-0.39, 0.29) is 0 Å². The van der Waals surface area contributed by atoms with Crippen LogP contribution in [0.1, 0.15) is 12.8 Å². The van der Waals surface area contributed by atoms with E-state index in [4.69, 9.17) is 11.6 Å². The summed E-state index contributed by atoms with van der Waals surface area (Å²) < 4.78 is 0. The van der Waals surface area contributed by atoms with Crippen LogP contribution in [0.5, 0.6) is 0 Å². The van der Waals surface area contributed by atoms with Crippen molar-refractivity contribution in [2.45, 2.75) is 18.9 Å². The van der Waals surface area contributed by atoms with Crippen LogP contribution in [0.3, 0.4) is 0 Å². The standard InChI is InChI=1S/C12H16ClN5/c1-18-6-2-3-8(7-18)15-12-9-4-5-14-10(9)11(13)16-17-12/h4-5,8,14H,2-3,6-7H2,1H3,(H,15,17). The Labute approximate surface area is 111 Å². The minimum absolute atomic E-state index is 0.418. The lowest BCUT2D eigenvalue weighted by Gasteiger charge is -2.30. The van der Waals surface area contributed by atoms with Crippen LogP contribution in [0.2, 0.25) is 5.15 Å². The summed E-state index contributed by atoms with van der Waals surface area (Å²) in [4.78, 5) is 5.42. The number of anilines is 1. The second-order valence-corrected chi connectivity index (χ2v) is 5.21. The molecule has 1 saturated heterocycles. The second-order valence-electron chi connectivity index (χ2n) is 4.85. The highest BCUT2D eigenvalue weighted by Crippen LogP contribution is 2.25. The van der Waals surface area contributed by atoms with Gasteiger partial charge in [0.05, 0.1) is 5.52 Å². The second kappa shape index (κ2) is 4.74. The van der Waals surface area contributed by atoms with Gasteiger partial charge in [0, 0.05) is 24.2 Å². The molecule has 18 heavy (non-hydrogen) atoms. The molecule has 0 spiro atoms. The van der Waals surface area contributed by atoms with Crippen molar-refractivity contribution >= 4 is 28.3 Å². The third-order valence-electron chi connectivity index (χ3n) is 3.41. The number of hydrogen-bond acceptors (Lipinski definition) is 4. The number of hydrogen-bond donors (Lipinski definition) is 2. The molecule has 0 aliphatic carbocycles. The molecule has 0 bridgehead atoms. The monoisotopic (exact) mass is 265 g/mol. The summed E-state index contributed by atoms with van der Waals surface area (Å²) in [5.41, 5.74) is 0.846. The quantitative estimate of drug-likeness (QED) is 0.873. The molecule has 1 unspecified atom stereocenters. The van der Waals surface area contributed by atoms with Crippen LogP contribution in [-0.2, 0) is 0 Å². The number of likely N-dealkylation sites (N-methyl/N-ethyl adjacent to an activating group) is 1. The van der Waals surface area contributed by atoms with Crippen molar-refractivity contribution in [2.75, 3.05) is 25.5 Å². The highest BCUT2D eigenvalue weighted by Gasteiger charge is 2.19. The van der Waals surface area contributed by atoms with Crippen LogP contribution in [0.15, 0.2) is 12.3 Å². The van der Waals surface area contributed by atoms with Gasteiger partial charge in [-0.1, -0.05) is 11.6 Å². The average Bonchev–Trinajstić information content (AvgIpc) is 2.83. The SMILES string of the molecule is CN1CCCC(Nc2nnc(Cl)c3[nH]ccc23)C1. The van der Waals surface area contributed by atoms with Gasteiger partial charge in [0.2, 0.25) is 0 Å². The van der Waals surface area contributed by atoms with Crippen LogP contribution in [0, 0.1) is 0 Å². The molecule has 1 aliphatic heterocycles. The number of H-pyrrole nitrogens is 1. The molecule has 2 aromatic heterocycles. The maximum absolute atomic E-state index is 6.00. The molecule has 5 nitrogen and oxygen atoms in total. The fraction of sp³-hybridized carbons (Fsp3) is 0.500. The Balaban J connectivity index is 1.86. The summed E-state index contributed by atoms with van der Waals surface area (Å²) in [6.45, 7) is 2.21. The van der Waals surface area contributed by atoms with Crippen molar-refractivity contribution in [1.82, 2.24) is 20.1 Å². The number of piperidine rings is 1. The highest BCUT2D eigenvalue weighted by molar-refractivity contribution is 6.34. The molecular formula is C12H16ClN5. The van der Waals surface area contributed by atoms with Crippen molar-refractivity contribution in [3.63, 3.8) is 0 Å². The zero-order chi connectivity index (χ0) is 12.5. The smallest absolute Gasteiger partial charge is 0.175 e. The van der Waals surface area contributed by atoms with E-state index in [9.17, 15) is 0 Å². The van der Waals surface area contributed by atoms with E-state index in [0.717, 1.165) is 23.3 Å². The minimum atomic E-state index is 0.418. The molecular weight excluding hydrogens is 250 g/mol. The van der Waals surface area contributed by atoms with Gasteiger partial charge in [0.25, 0.3) is 0 Å². The third-order valence-corrected chi connectivity index (χ3v) is 3.68. The summed E-state index contributed by atoms with van der Waals surface area (Å²) in [5.74, 6) is 0.816. The van der Waals surface area contributed by atoms with E-state index >= 15 is 0 Å². The number of nitrogens with zero attached hydrogens (tertiary/aromatic N) is 3. The van der Waals surface area contributed by atoms with Crippen LogP contribution < -0.4 is 5.32 Å². The Morgan fingerprint density at radius 3 is 3.22 bits per heavy atom. The first-order valence-electron chi connectivity index (χ1n) is 6.18. The minimum Gasteiger partial charge on any atom is -0.364 e. The molecule has 6 heteroatoms. The van der Waals surface area contributed by atoms with Crippen LogP contribution in [-0.4, -0.2) is 46.3 Å². The summed E-state index contributed by atoms with van der Waals surface area (Å²) in [6.07, 6.45) is 4.24. The van der Waals surface area contributed by atoms with Gasteiger partial charge in [-0.25, -0.2) is 0 Å². The summed E-state index contributed by atoms with van der Waals surface area (Å²) in [7, 11) is 2.15. The fourth-order valence-electron chi connectivity index (χ4n) is 2.52. The van der Waals surface area contributed by atoms with Gasteiger partial charge in [0.1, 0.15) is 0 Å². The van der Waals surface area contributed by atoms with Gasteiger partial charge in [0.15, 0.2) is 11.0 Å². The van der Waals surface area contributed by atoms with Crippen LogP contribution in [0.4, 0.5) is 5.82 Å². The van der Waals surface area contributed by atoms with Gasteiger partial charge in [-0.2, -0.15) is 0 Å². The molecule has 0 radical (unpaired) electrons. The van der Waals surface area contributed by atoms with Crippen molar-refractivity contribution < 1.29 is 0 Å². The lowest BCUT2D eigenvalue weighted by atomic mass is 10.1. The molecule has 0 amide bonds. The first-order chi connectivity index (χ1) is 8.74. The Hall–Kier alpha value is -1.33. The van der Waals surface area contributed by atoms with Crippen molar-refractivity contribution in [3.8, 4) is 0 Å². The van der Waals surface area contributed by atoms with E-state index in [1.54, 1.807) is 0 Å². The third kappa shape index (κ3) is 2.15. The summed E-state index contributed by atoms with van der Waals surface area (Å²) in [5, 5.41) is 13.0. The molecule has 1 aliphatic rings. The van der Waals surface area contributed by atoms with Gasteiger partial charge in [-0.05, 0) is 32.5 Å². The zero-order valence-corrected chi connectivity index (χ0v) is 11.0. The van der Waals surface area contributed by atoms with E-state index in [1.807, 2.05) is 12.3 Å². The van der Waals surface area contributed by atoms with Crippen molar-refractivity contribution in [3.05, 3.63) is 17.4 Å². The Morgan fingerprint density at radius 2 is 2.39 bits per heavy atom. The topological polar surface area (TPSA) is 56.8 Å². The highest BCUT2D eigenvalue weighted by atomic mass is 35.5. The number of aromatic amines is 1. The number of aromatic nitrogens is 3. The predicted octanol–water partition coefficient (Wildman–Crippen LogP) is 2.12. The Kier molecular flexibility index (Phi) is 3.09. The number of fused-ring (bicyclic) bond motifs is 1. The largest absolute Gasteiger partial charge is 0.364 e. The first-order valence-corrected chi connectivity index (χ1v) is 6.56. The van der Waals surface area contributed by atoms with Gasteiger partial charge in [-0.15, -0.1) is 10.2 Å². The van der Waals surface area contributed by atoms with E-state index in [2.05, 4.69) is 32.4 Å². The van der Waals surface area contributed by atoms with Crippen LogP contribution >= 0.6 is 11.6 Å². The number of likely N-dealkylation sites (tertiary alicyclic amines) is 1. The van der Waals surface area contributed by atoms with Crippen molar-refractivity contribution in [2.24, 2.45) is 0 Å². The molecule has 3 rings (SSSR count). The number of nitrogens with one attached hydrogen (secondary N) is 2. The molecule has 3 heterocycles. The zero-order valence-electron chi connectivity index (χ0n) is 10.3. The number of halogens is 1. The maximum Gasteiger partial charge on any atom is 0.175 e. The van der Waals surface area contributed by atoms with E-state index in [0.29, 0.717) is 11.2 Å². The van der Waals surface area contributed by atoms with Gasteiger partial charge >= 0.3 is 0 Å².